The fourth-order valence-electron chi connectivity index (χ4n) is 10.8. The molecule has 0 aliphatic carbocycles. The number of nitrogens with two attached hydrogens (primary N) is 2. The van der Waals surface area contributed by atoms with Crippen molar-refractivity contribution in [1.82, 2.24) is 25.4 Å². The van der Waals surface area contributed by atoms with Crippen molar-refractivity contribution in [3.8, 4) is 11.1 Å². The molecule has 3 aliphatic heterocycles. The molecule has 7 rings (SSSR count). The lowest BCUT2D eigenvalue weighted by Crippen LogP contribution is -2.59. The van der Waals surface area contributed by atoms with E-state index in [1.54, 1.807) is 0 Å². The number of ether oxygens (including phenoxy) is 2. The maximum Gasteiger partial charge on any atom is 0.407 e. The Balaban J connectivity index is 1.24. The van der Waals surface area contributed by atoms with Gasteiger partial charge < -0.3 is 51.2 Å². The fourth-order valence-corrected chi connectivity index (χ4v) is 10.8. The second-order valence-electron chi connectivity index (χ2n) is 19.5. The Morgan fingerprint density at radius 3 is 1.39 bits per heavy atom. The highest BCUT2D eigenvalue weighted by Gasteiger charge is 2.53. The lowest BCUT2D eigenvalue weighted by atomic mass is 9.84. The quantitative estimate of drug-likeness (QED) is 0.104. The predicted molar refractivity (Wildman–Crippen MR) is 266 cm³/mol. The van der Waals surface area contributed by atoms with Crippen LogP contribution in [0.25, 0.3) is 11.1 Å². The molecule has 4 heterocycles. The molecule has 0 radical (unpaired) electrons. The van der Waals surface area contributed by atoms with Gasteiger partial charge in [-0.25, -0.2) is 14.6 Å². The molecule has 17 heteroatoms. The van der Waals surface area contributed by atoms with Crippen molar-refractivity contribution in [2.45, 2.75) is 101 Å². The number of carbonyl (C=O) groups is 6. The molecule has 6 atom stereocenters. The van der Waals surface area contributed by atoms with Gasteiger partial charge in [0, 0.05) is 44.6 Å². The van der Waals surface area contributed by atoms with E-state index in [9.17, 15) is 28.8 Å². The Labute approximate surface area is 410 Å². The molecular formula is C53H67N9O8. The number of hydrogen-bond acceptors (Lipinski definition) is 11. The average Bonchev–Trinajstić information content (AvgIpc) is 4.13. The molecule has 0 bridgehead atoms. The lowest BCUT2D eigenvalue weighted by Gasteiger charge is -2.39. The summed E-state index contributed by atoms with van der Waals surface area (Å²) in [6, 6.07) is 25.9. The van der Waals surface area contributed by atoms with Gasteiger partial charge in [-0.1, -0.05) is 88.4 Å². The summed E-state index contributed by atoms with van der Waals surface area (Å²) in [6.45, 7) is 7.85. The zero-order valence-corrected chi connectivity index (χ0v) is 41.4. The minimum Gasteiger partial charge on any atom is -0.453 e. The number of primary amides is 2. The zero-order chi connectivity index (χ0) is 50.7. The van der Waals surface area contributed by atoms with E-state index < -0.39 is 59.0 Å². The zero-order valence-electron chi connectivity index (χ0n) is 41.4. The van der Waals surface area contributed by atoms with Gasteiger partial charge in [-0.05, 0) is 102 Å². The molecule has 1 unspecified atom stereocenters. The normalized spacial score (nSPS) is 21.9. The number of methoxy groups -OCH3 is 2. The van der Waals surface area contributed by atoms with Gasteiger partial charge in [0.15, 0.2) is 0 Å². The van der Waals surface area contributed by atoms with E-state index in [1.807, 2.05) is 107 Å². The van der Waals surface area contributed by atoms with Crippen LogP contribution in [0.15, 0.2) is 91.1 Å². The highest BCUT2D eigenvalue weighted by molar-refractivity contribution is 5.96. The number of carbonyl (C=O) groups excluding carboxylic acids is 6. The first-order valence-electron chi connectivity index (χ1n) is 24.0. The van der Waals surface area contributed by atoms with E-state index in [0.717, 1.165) is 46.6 Å². The van der Waals surface area contributed by atoms with Gasteiger partial charge in [0.25, 0.3) is 0 Å². The van der Waals surface area contributed by atoms with Crippen molar-refractivity contribution < 1.29 is 38.2 Å². The summed E-state index contributed by atoms with van der Waals surface area (Å²) in [5.74, 6) is -1.85. The fraction of sp³-hybridized carbons (Fsp3) is 0.453. The second-order valence-corrected chi connectivity index (χ2v) is 19.5. The number of likely N-dealkylation sites (tertiary alicyclic amines) is 2. The summed E-state index contributed by atoms with van der Waals surface area (Å²) in [5.41, 5.74) is 15.7. The largest absolute Gasteiger partial charge is 0.453 e. The van der Waals surface area contributed by atoms with Crippen LogP contribution in [-0.4, -0.2) is 104 Å². The van der Waals surface area contributed by atoms with Gasteiger partial charge in [-0.15, -0.1) is 0 Å². The van der Waals surface area contributed by atoms with Crippen LogP contribution >= 0.6 is 0 Å². The number of anilines is 2. The predicted octanol–water partition coefficient (Wildman–Crippen LogP) is 6.26. The SMILES string of the molecule is COC(=O)N[C@H](C(=O)N1CCC[C@@]1(C(N)=O)c1ccc(C2CC[C@H](c3ccc([C@]4(C(N)=O)CCCN4C(=O)[C@@H](NC(=O)OC)C(C)C)cc3)N2c2ccc(-c3ccc(N(C)C)nc3)cc2)cc1)C(C)C. The topological polar surface area (TPSA) is 223 Å². The monoisotopic (exact) mass is 958 g/mol. The third kappa shape index (κ3) is 9.45. The van der Waals surface area contributed by atoms with Gasteiger partial charge in [0.2, 0.25) is 23.6 Å². The Morgan fingerprint density at radius 2 is 1.04 bits per heavy atom. The number of nitrogens with one attached hydrogen (secondary N) is 2. The minimum atomic E-state index is -1.43. The van der Waals surface area contributed by atoms with E-state index in [1.165, 1.54) is 24.0 Å². The van der Waals surface area contributed by atoms with Crippen molar-refractivity contribution >= 4 is 47.3 Å². The molecule has 3 aliphatic rings. The maximum atomic E-state index is 14.2. The van der Waals surface area contributed by atoms with Crippen LogP contribution in [0.2, 0.25) is 0 Å². The number of alkyl carbamates (subject to hydrolysis) is 2. The summed E-state index contributed by atoms with van der Waals surface area (Å²) in [5, 5.41) is 5.30. The van der Waals surface area contributed by atoms with E-state index in [0.29, 0.717) is 36.8 Å². The molecule has 372 valence electrons. The van der Waals surface area contributed by atoms with Gasteiger partial charge in [0.05, 0.1) is 26.3 Å². The minimum absolute atomic E-state index is 0.124. The number of nitrogens with zero attached hydrogens (tertiary/aromatic N) is 5. The van der Waals surface area contributed by atoms with Crippen molar-refractivity contribution in [2.24, 2.45) is 23.3 Å². The first-order chi connectivity index (χ1) is 33.4. The maximum absolute atomic E-state index is 14.2. The van der Waals surface area contributed by atoms with Gasteiger partial charge in [-0.3, -0.25) is 19.2 Å². The van der Waals surface area contributed by atoms with Crippen LogP contribution < -0.4 is 31.9 Å². The Morgan fingerprint density at radius 1 is 0.629 bits per heavy atom. The molecule has 6 N–H and O–H groups in total. The van der Waals surface area contributed by atoms with Crippen LogP contribution in [-0.2, 0) is 39.7 Å². The summed E-state index contributed by atoms with van der Waals surface area (Å²) >= 11 is 0. The molecule has 17 nitrogen and oxygen atoms in total. The molecule has 70 heavy (non-hydrogen) atoms. The smallest absolute Gasteiger partial charge is 0.407 e. The van der Waals surface area contributed by atoms with E-state index >= 15 is 0 Å². The molecule has 0 saturated carbocycles. The summed E-state index contributed by atoms with van der Waals surface area (Å²) in [7, 11) is 6.37. The van der Waals surface area contributed by atoms with Crippen LogP contribution in [0.1, 0.15) is 101 Å². The van der Waals surface area contributed by atoms with Crippen molar-refractivity contribution in [3.05, 3.63) is 113 Å². The molecule has 3 saturated heterocycles. The van der Waals surface area contributed by atoms with E-state index in [2.05, 4.69) is 50.8 Å². The molecular weight excluding hydrogens is 891 g/mol. The van der Waals surface area contributed by atoms with Gasteiger partial charge >= 0.3 is 12.2 Å². The summed E-state index contributed by atoms with van der Waals surface area (Å²) < 4.78 is 9.63. The first-order valence-corrected chi connectivity index (χ1v) is 24.0. The average molecular weight is 958 g/mol. The number of pyridine rings is 1. The van der Waals surface area contributed by atoms with Crippen molar-refractivity contribution in [3.63, 3.8) is 0 Å². The lowest BCUT2D eigenvalue weighted by molar-refractivity contribution is -0.146. The highest BCUT2D eigenvalue weighted by atomic mass is 16.5. The second kappa shape index (κ2) is 20.8. The highest BCUT2D eigenvalue weighted by Crippen LogP contribution is 2.49. The molecule has 4 aromatic rings. The molecule has 3 aromatic carbocycles. The van der Waals surface area contributed by atoms with E-state index in [-0.39, 0.29) is 37.0 Å². The Kier molecular flexibility index (Phi) is 15.1. The first kappa shape index (κ1) is 50.7. The van der Waals surface area contributed by atoms with E-state index in [4.69, 9.17) is 20.9 Å². The Bertz CT molecular complexity index is 2420. The molecule has 3 fully saturated rings. The molecule has 1 aromatic heterocycles. The number of amides is 6. The van der Waals surface area contributed by atoms with Gasteiger partial charge in [-0.2, -0.15) is 0 Å². The number of rotatable bonds is 15. The van der Waals surface area contributed by atoms with Crippen LogP contribution in [0, 0.1) is 11.8 Å². The summed E-state index contributed by atoms with van der Waals surface area (Å²) in [4.78, 5) is 92.2. The molecule has 0 spiro atoms. The van der Waals surface area contributed by atoms with Gasteiger partial charge in [0.1, 0.15) is 29.0 Å². The van der Waals surface area contributed by atoms with Crippen LogP contribution in [0.5, 0.6) is 0 Å². The number of hydrogen-bond donors (Lipinski definition) is 4. The third-order valence-electron chi connectivity index (χ3n) is 14.5. The summed E-state index contributed by atoms with van der Waals surface area (Å²) in [6.07, 6.45) is 3.66. The molecule has 6 amide bonds. The van der Waals surface area contributed by atoms with Crippen LogP contribution in [0.3, 0.4) is 0 Å². The van der Waals surface area contributed by atoms with Crippen molar-refractivity contribution in [2.75, 3.05) is 51.2 Å². The standard InChI is InChI=1S/C53H67N9O8/c1-32(2)44(57-50(67)69-7)46(63)60-29-9-27-52(60,48(54)65)38-18-11-35(12-19-38)41-24-25-42(62(41)40-22-15-34(16-23-40)37-17-26-43(56-31-37)59(5)6)36-13-20-39(21-14-36)53(49(55)66)28-10-30-61(53)47(64)45(33(3)4)58-51(68)70-8/h11-23,26,31-33,41-42,44-45H,9-10,24-25,27-30H2,1-8H3,(H2,54,65)(H2,55,66)(H,57,67)(H,58,68)/t41-,42?,44+,45+,52+,53+/m1/s1. The Hall–Kier alpha value is -7.17. The number of aromatic nitrogens is 1. The van der Waals surface area contributed by atoms with Crippen molar-refractivity contribution in [1.29, 1.82) is 0 Å². The third-order valence-corrected chi connectivity index (χ3v) is 14.5. The van der Waals surface area contributed by atoms with Crippen LogP contribution in [0.4, 0.5) is 21.1 Å². The number of benzene rings is 3.